The molecule has 8 nitrogen and oxygen atoms in total. The quantitative estimate of drug-likeness (QED) is 0.615. The first kappa shape index (κ1) is 23.7. The second-order valence-corrected chi connectivity index (χ2v) is 9.71. The van der Waals surface area contributed by atoms with Gasteiger partial charge in [-0.3, -0.25) is 4.79 Å². The fourth-order valence-corrected chi connectivity index (χ4v) is 5.22. The number of sulfonamides is 1. The van der Waals surface area contributed by atoms with E-state index in [4.69, 9.17) is 4.74 Å². The minimum absolute atomic E-state index is 0.0124. The lowest BCUT2D eigenvalue weighted by molar-refractivity contribution is -0.114. The summed E-state index contributed by atoms with van der Waals surface area (Å²) in [5, 5.41) is 5.77. The molecular formula is C23H29N3O5S. The van der Waals surface area contributed by atoms with E-state index in [1.54, 1.807) is 36.4 Å². The molecule has 0 spiro atoms. The van der Waals surface area contributed by atoms with Crippen LogP contribution in [0.15, 0.2) is 47.4 Å². The average molecular weight is 460 g/mol. The van der Waals surface area contributed by atoms with Crippen LogP contribution in [0.5, 0.6) is 0 Å². The minimum Gasteiger partial charge on any atom is -0.465 e. The Bertz CT molecular complexity index is 1080. The maximum atomic E-state index is 13.0. The van der Waals surface area contributed by atoms with Crippen molar-refractivity contribution < 1.29 is 22.7 Å². The molecule has 2 N–H and O–H groups in total. The largest absolute Gasteiger partial charge is 0.465 e. The normalized spacial score (nSPS) is 14.9. The number of amides is 1. The monoisotopic (exact) mass is 459 g/mol. The van der Waals surface area contributed by atoms with Crippen LogP contribution in [0, 0.1) is 6.92 Å². The van der Waals surface area contributed by atoms with Gasteiger partial charge in [0.25, 0.3) is 0 Å². The maximum absolute atomic E-state index is 13.0. The van der Waals surface area contributed by atoms with E-state index in [1.165, 1.54) is 17.5 Å². The zero-order valence-corrected chi connectivity index (χ0v) is 19.2. The lowest BCUT2D eigenvalue weighted by atomic mass is 10.1. The Hall–Kier alpha value is -2.91. The highest BCUT2D eigenvalue weighted by Crippen LogP contribution is 2.23. The van der Waals surface area contributed by atoms with Crippen LogP contribution >= 0.6 is 0 Å². The van der Waals surface area contributed by atoms with E-state index in [1.807, 2.05) is 6.92 Å². The van der Waals surface area contributed by atoms with Crippen LogP contribution < -0.4 is 10.6 Å². The Kier molecular flexibility index (Phi) is 7.87. The molecule has 1 heterocycles. The van der Waals surface area contributed by atoms with Crippen molar-refractivity contribution in [3.8, 4) is 0 Å². The van der Waals surface area contributed by atoms with Crippen LogP contribution in [0.1, 0.15) is 41.6 Å². The molecule has 172 valence electrons. The summed E-state index contributed by atoms with van der Waals surface area (Å²) in [6.07, 6.45) is 3.81. The van der Waals surface area contributed by atoms with Crippen molar-refractivity contribution >= 4 is 33.3 Å². The number of ether oxygens (including phenoxy) is 1. The predicted octanol–water partition coefficient (Wildman–Crippen LogP) is 3.40. The molecule has 0 saturated carbocycles. The first-order valence-corrected chi connectivity index (χ1v) is 12.1. The van der Waals surface area contributed by atoms with Crippen molar-refractivity contribution in [2.24, 2.45) is 0 Å². The van der Waals surface area contributed by atoms with Crippen LogP contribution in [-0.4, -0.2) is 51.3 Å². The highest BCUT2D eigenvalue weighted by atomic mass is 32.2. The van der Waals surface area contributed by atoms with Crippen molar-refractivity contribution in [3.05, 3.63) is 53.6 Å². The topological polar surface area (TPSA) is 105 Å². The third kappa shape index (κ3) is 5.86. The van der Waals surface area contributed by atoms with Gasteiger partial charge in [-0.05, 0) is 61.7 Å². The first-order chi connectivity index (χ1) is 15.3. The number of nitrogens with zero attached hydrogens (tertiary/aromatic N) is 1. The standard InChI is InChI=1S/C23H29N3O5S/c1-17-14-18(23(28)31-2)10-11-21(17)24-16-22(27)25-19-8-7-9-20(15-19)32(29,30)26-12-5-3-4-6-13-26/h7-11,14-15,24H,3-6,12-13,16H2,1-2H3,(H,25,27). The summed E-state index contributed by atoms with van der Waals surface area (Å²) in [7, 11) is -2.27. The summed E-state index contributed by atoms with van der Waals surface area (Å²) in [6.45, 7) is 2.86. The smallest absolute Gasteiger partial charge is 0.337 e. The Morgan fingerprint density at radius 3 is 2.41 bits per heavy atom. The SMILES string of the molecule is COC(=O)c1ccc(NCC(=O)Nc2cccc(S(=O)(=O)N3CCCCCC3)c2)c(C)c1. The number of nitrogens with one attached hydrogen (secondary N) is 2. The van der Waals surface area contributed by atoms with Gasteiger partial charge in [0.15, 0.2) is 0 Å². The molecule has 1 amide bonds. The molecule has 3 rings (SSSR count). The number of benzene rings is 2. The van der Waals surface area contributed by atoms with Gasteiger partial charge >= 0.3 is 5.97 Å². The molecule has 1 aliphatic heterocycles. The van der Waals surface area contributed by atoms with Gasteiger partial charge in [0, 0.05) is 24.5 Å². The minimum atomic E-state index is -3.59. The molecule has 0 unspecified atom stereocenters. The molecule has 32 heavy (non-hydrogen) atoms. The summed E-state index contributed by atoms with van der Waals surface area (Å²) in [6, 6.07) is 11.4. The van der Waals surface area contributed by atoms with E-state index in [0.717, 1.165) is 31.2 Å². The van der Waals surface area contributed by atoms with E-state index in [-0.39, 0.29) is 17.3 Å². The number of carbonyl (C=O) groups excluding carboxylic acids is 2. The fraction of sp³-hybridized carbons (Fsp3) is 0.391. The van der Waals surface area contributed by atoms with Crippen LogP contribution in [0.2, 0.25) is 0 Å². The van der Waals surface area contributed by atoms with Gasteiger partial charge in [-0.25, -0.2) is 13.2 Å². The van der Waals surface area contributed by atoms with Crippen LogP contribution in [0.3, 0.4) is 0 Å². The molecule has 0 bridgehead atoms. The fourth-order valence-electron chi connectivity index (χ4n) is 3.65. The number of hydrogen-bond donors (Lipinski definition) is 2. The number of hydrogen-bond acceptors (Lipinski definition) is 6. The molecule has 0 radical (unpaired) electrons. The van der Waals surface area contributed by atoms with Gasteiger partial charge in [0.05, 0.1) is 24.1 Å². The van der Waals surface area contributed by atoms with E-state index in [0.29, 0.717) is 30.0 Å². The third-order valence-electron chi connectivity index (χ3n) is 5.41. The zero-order chi connectivity index (χ0) is 23.1. The average Bonchev–Trinajstić information content (AvgIpc) is 3.08. The molecule has 2 aromatic rings. The highest BCUT2D eigenvalue weighted by Gasteiger charge is 2.25. The number of esters is 1. The molecule has 2 aromatic carbocycles. The van der Waals surface area contributed by atoms with Crippen LogP contribution in [0.25, 0.3) is 0 Å². The van der Waals surface area contributed by atoms with E-state index in [2.05, 4.69) is 10.6 Å². The van der Waals surface area contributed by atoms with Crippen LogP contribution in [-0.2, 0) is 19.6 Å². The summed E-state index contributed by atoms with van der Waals surface area (Å²) in [4.78, 5) is 24.2. The van der Waals surface area contributed by atoms with Gasteiger partial charge in [-0.2, -0.15) is 4.31 Å². The Morgan fingerprint density at radius 2 is 1.75 bits per heavy atom. The summed E-state index contributed by atoms with van der Waals surface area (Å²) >= 11 is 0. The zero-order valence-electron chi connectivity index (χ0n) is 18.4. The lowest BCUT2D eigenvalue weighted by Gasteiger charge is -2.20. The van der Waals surface area contributed by atoms with Crippen molar-refractivity contribution in [1.29, 1.82) is 0 Å². The van der Waals surface area contributed by atoms with Gasteiger partial charge in [-0.1, -0.05) is 18.9 Å². The highest BCUT2D eigenvalue weighted by molar-refractivity contribution is 7.89. The molecule has 1 saturated heterocycles. The van der Waals surface area contributed by atoms with E-state index < -0.39 is 16.0 Å². The second kappa shape index (κ2) is 10.6. The van der Waals surface area contributed by atoms with Gasteiger partial charge in [0.1, 0.15) is 0 Å². The molecule has 0 aliphatic carbocycles. The lowest BCUT2D eigenvalue weighted by Crippen LogP contribution is -2.32. The van der Waals surface area contributed by atoms with Gasteiger partial charge < -0.3 is 15.4 Å². The first-order valence-electron chi connectivity index (χ1n) is 10.6. The number of carbonyl (C=O) groups is 2. The van der Waals surface area contributed by atoms with Gasteiger partial charge in [-0.15, -0.1) is 0 Å². The summed E-state index contributed by atoms with van der Waals surface area (Å²) < 4.78 is 32.2. The summed E-state index contributed by atoms with van der Waals surface area (Å²) in [5.41, 5.74) is 2.37. The Balaban J connectivity index is 1.63. The number of anilines is 2. The molecule has 0 atom stereocenters. The van der Waals surface area contributed by atoms with E-state index >= 15 is 0 Å². The molecule has 1 aliphatic rings. The molecule has 9 heteroatoms. The summed E-state index contributed by atoms with van der Waals surface area (Å²) in [5.74, 6) is -0.738. The van der Waals surface area contributed by atoms with Crippen molar-refractivity contribution in [3.63, 3.8) is 0 Å². The van der Waals surface area contributed by atoms with Crippen LogP contribution in [0.4, 0.5) is 11.4 Å². The van der Waals surface area contributed by atoms with Crippen molar-refractivity contribution in [2.45, 2.75) is 37.5 Å². The number of aryl methyl sites for hydroxylation is 1. The molecular weight excluding hydrogens is 430 g/mol. The second-order valence-electron chi connectivity index (χ2n) is 7.77. The van der Waals surface area contributed by atoms with Crippen molar-refractivity contribution in [1.82, 2.24) is 4.31 Å². The van der Waals surface area contributed by atoms with E-state index in [9.17, 15) is 18.0 Å². The van der Waals surface area contributed by atoms with Gasteiger partial charge in [0.2, 0.25) is 15.9 Å². The Labute approximate surface area is 189 Å². The predicted molar refractivity (Wildman–Crippen MR) is 123 cm³/mol. The number of rotatable bonds is 7. The Morgan fingerprint density at radius 1 is 1.03 bits per heavy atom. The third-order valence-corrected chi connectivity index (χ3v) is 7.30. The molecule has 0 aromatic heterocycles. The van der Waals surface area contributed by atoms with Crippen molar-refractivity contribution in [2.75, 3.05) is 37.4 Å². The molecule has 1 fully saturated rings. The number of methoxy groups -OCH3 is 1. The maximum Gasteiger partial charge on any atom is 0.337 e.